The molecule has 1 aromatic carbocycles. The van der Waals surface area contributed by atoms with E-state index in [1.807, 2.05) is 11.8 Å². The topological polar surface area (TPSA) is 26.0 Å². The predicted octanol–water partition coefficient (Wildman–Crippen LogP) is 3.32. The van der Waals surface area contributed by atoms with Gasteiger partial charge in [0.1, 0.15) is 0 Å². The highest BCUT2D eigenvalue weighted by molar-refractivity contribution is 7.98. The number of nitrogens with two attached hydrogens (primary N) is 1. The molecular weight excluding hydrogens is 202 g/mol. The molecule has 0 spiro atoms. The van der Waals surface area contributed by atoms with Crippen molar-refractivity contribution >= 4 is 11.8 Å². The van der Waals surface area contributed by atoms with E-state index in [0.717, 1.165) is 11.7 Å². The average Bonchev–Trinajstić information content (AvgIpc) is 2.16. The van der Waals surface area contributed by atoms with E-state index in [9.17, 15) is 0 Å². The van der Waals surface area contributed by atoms with E-state index in [2.05, 4.69) is 30.5 Å². The van der Waals surface area contributed by atoms with Crippen molar-refractivity contribution < 1.29 is 0 Å². The summed E-state index contributed by atoms with van der Waals surface area (Å²) in [5.74, 6) is 1.80. The molecule has 0 radical (unpaired) electrons. The Morgan fingerprint density at radius 2 is 2.13 bits per heavy atom. The van der Waals surface area contributed by atoms with Gasteiger partial charge >= 0.3 is 0 Å². The molecule has 0 amide bonds. The SMILES string of the molecule is CSCC(N)c1ccccc1C1CCC1. The van der Waals surface area contributed by atoms with Gasteiger partial charge in [0.2, 0.25) is 0 Å². The lowest BCUT2D eigenvalue weighted by Crippen LogP contribution is -2.18. The average molecular weight is 221 g/mol. The van der Waals surface area contributed by atoms with Crippen LogP contribution in [0.2, 0.25) is 0 Å². The van der Waals surface area contributed by atoms with E-state index in [1.165, 1.54) is 30.4 Å². The number of thioether (sulfide) groups is 1. The second-order valence-corrected chi connectivity index (χ2v) is 5.23. The highest BCUT2D eigenvalue weighted by atomic mass is 32.2. The van der Waals surface area contributed by atoms with E-state index in [1.54, 1.807) is 0 Å². The van der Waals surface area contributed by atoms with Crippen LogP contribution in [0.15, 0.2) is 24.3 Å². The maximum Gasteiger partial charge on any atom is 0.0389 e. The Morgan fingerprint density at radius 3 is 2.73 bits per heavy atom. The zero-order chi connectivity index (χ0) is 10.7. The molecule has 1 aliphatic rings. The molecule has 2 rings (SSSR count). The first-order chi connectivity index (χ1) is 7.33. The molecule has 0 aromatic heterocycles. The third kappa shape index (κ3) is 2.37. The zero-order valence-electron chi connectivity index (χ0n) is 9.28. The van der Waals surface area contributed by atoms with Crippen molar-refractivity contribution in [3.8, 4) is 0 Å². The van der Waals surface area contributed by atoms with Gasteiger partial charge in [-0.3, -0.25) is 0 Å². The van der Waals surface area contributed by atoms with Crippen LogP contribution in [0.4, 0.5) is 0 Å². The Labute approximate surface area is 96.4 Å². The van der Waals surface area contributed by atoms with Crippen molar-refractivity contribution in [3.05, 3.63) is 35.4 Å². The van der Waals surface area contributed by atoms with Crippen LogP contribution >= 0.6 is 11.8 Å². The zero-order valence-corrected chi connectivity index (χ0v) is 10.1. The molecule has 82 valence electrons. The molecule has 1 nitrogen and oxygen atoms in total. The standard InChI is InChI=1S/C13H19NS/c1-15-9-13(14)12-8-3-2-7-11(12)10-5-4-6-10/h2-3,7-8,10,13H,4-6,9,14H2,1H3. The molecule has 1 aromatic rings. The van der Waals surface area contributed by atoms with Crippen LogP contribution < -0.4 is 5.73 Å². The summed E-state index contributed by atoms with van der Waals surface area (Å²) in [6.45, 7) is 0. The van der Waals surface area contributed by atoms with Gasteiger partial charge < -0.3 is 5.73 Å². The summed E-state index contributed by atoms with van der Waals surface area (Å²) in [7, 11) is 0. The van der Waals surface area contributed by atoms with Gasteiger partial charge in [0.25, 0.3) is 0 Å². The fraction of sp³-hybridized carbons (Fsp3) is 0.538. The molecular formula is C13H19NS. The molecule has 0 bridgehead atoms. The Bertz CT molecular complexity index is 320. The minimum absolute atomic E-state index is 0.205. The number of benzene rings is 1. The molecule has 0 saturated heterocycles. The van der Waals surface area contributed by atoms with Gasteiger partial charge in [0.05, 0.1) is 0 Å². The van der Waals surface area contributed by atoms with Gasteiger partial charge in [-0.1, -0.05) is 30.7 Å². The molecule has 2 N–H and O–H groups in total. The first-order valence-electron chi connectivity index (χ1n) is 5.66. The van der Waals surface area contributed by atoms with Crippen molar-refractivity contribution in [1.29, 1.82) is 0 Å². The first-order valence-corrected chi connectivity index (χ1v) is 7.05. The minimum atomic E-state index is 0.205. The molecule has 1 aliphatic carbocycles. The fourth-order valence-corrected chi connectivity index (χ4v) is 2.75. The summed E-state index contributed by atoms with van der Waals surface area (Å²) in [6.07, 6.45) is 6.20. The maximum absolute atomic E-state index is 6.20. The number of hydrogen-bond donors (Lipinski definition) is 1. The monoisotopic (exact) mass is 221 g/mol. The number of hydrogen-bond acceptors (Lipinski definition) is 2. The molecule has 1 saturated carbocycles. The second kappa shape index (κ2) is 5.04. The summed E-state index contributed by atoms with van der Waals surface area (Å²) >= 11 is 1.83. The Balaban J connectivity index is 2.20. The largest absolute Gasteiger partial charge is 0.323 e. The quantitative estimate of drug-likeness (QED) is 0.844. The summed E-state index contributed by atoms with van der Waals surface area (Å²) in [5, 5.41) is 0. The lowest BCUT2D eigenvalue weighted by Gasteiger charge is -2.29. The number of rotatable bonds is 4. The molecule has 0 aliphatic heterocycles. The van der Waals surface area contributed by atoms with Gasteiger partial charge in [-0.2, -0.15) is 11.8 Å². The van der Waals surface area contributed by atoms with Crippen LogP contribution in [0.25, 0.3) is 0 Å². The van der Waals surface area contributed by atoms with Crippen LogP contribution in [0, 0.1) is 0 Å². The summed E-state index contributed by atoms with van der Waals surface area (Å²) in [5.41, 5.74) is 9.08. The van der Waals surface area contributed by atoms with E-state index >= 15 is 0 Å². The van der Waals surface area contributed by atoms with E-state index in [4.69, 9.17) is 5.73 Å². The predicted molar refractivity (Wildman–Crippen MR) is 68.3 cm³/mol. The molecule has 1 fully saturated rings. The highest BCUT2D eigenvalue weighted by Crippen LogP contribution is 2.39. The van der Waals surface area contributed by atoms with Gasteiger partial charge in [-0.15, -0.1) is 0 Å². The molecule has 1 unspecified atom stereocenters. The van der Waals surface area contributed by atoms with Crippen molar-refractivity contribution in [2.75, 3.05) is 12.0 Å². The van der Waals surface area contributed by atoms with Gasteiger partial charge in [0.15, 0.2) is 0 Å². The lowest BCUT2D eigenvalue weighted by atomic mass is 9.77. The van der Waals surface area contributed by atoms with Crippen molar-refractivity contribution in [2.45, 2.75) is 31.2 Å². The van der Waals surface area contributed by atoms with Crippen LogP contribution in [-0.2, 0) is 0 Å². The fourth-order valence-electron chi connectivity index (χ4n) is 2.21. The third-order valence-corrected chi connectivity index (χ3v) is 3.98. The summed E-state index contributed by atoms with van der Waals surface area (Å²) in [6, 6.07) is 8.92. The Morgan fingerprint density at radius 1 is 1.40 bits per heavy atom. The van der Waals surface area contributed by atoms with Crippen molar-refractivity contribution in [3.63, 3.8) is 0 Å². The summed E-state index contributed by atoms with van der Waals surface area (Å²) < 4.78 is 0. The second-order valence-electron chi connectivity index (χ2n) is 4.32. The van der Waals surface area contributed by atoms with Crippen LogP contribution in [-0.4, -0.2) is 12.0 Å². The van der Waals surface area contributed by atoms with E-state index < -0.39 is 0 Å². The molecule has 15 heavy (non-hydrogen) atoms. The smallest absolute Gasteiger partial charge is 0.0389 e. The van der Waals surface area contributed by atoms with Crippen LogP contribution in [0.5, 0.6) is 0 Å². The van der Waals surface area contributed by atoms with Crippen molar-refractivity contribution in [2.24, 2.45) is 5.73 Å². The minimum Gasteiger partial charge on any atom is -0.323 e. The van der Waals surface area contributed by atoms with E-state index in [-0.39, 0.29) is 6.04 Å². The molecule has 1 atom stereocenters. The lowest BCUT2D eigenvalue weighted by molar-refractivity contribution is 0.416. The van der Waals surface area contributed by atoms with E-state index in [0.29, 0.717) is 0 Å². The normalized spacial score (nSPS) is 18.5. The van der Waals surface area contributed by atoms with Gasteiger partial charge in [-0.05, 0) is 36.1 Å². The first kappa shape index (κ1) is 11.0. The summed E-state index contributed by atoms with van der Waals surface area (Å²) in [4.78, 5) is 0. The van der Waals surface area contributed by atoms with Gasteiger partial charge in [-0.25, -0.2) is 0 Å². The van der Waals surface area contributed by atoms with Crippen LogP contribution in [0.3, 0.4) is 0 Å². The molecule has 2 heteroatoms. The highest BCUT2D eigenvalue weighted by Gasteiger charge is 2.23. The Hall–Kier alpha value is -0.470. The maximum atomic E-state index is 6.20. The Kier molecular flexibility index (Phi) is 3.71. The third-order valence-electron chi connectivity index (χ3n) is 3.29. The molecule has 0 heterocycles. The van der Waals surface area contributed by atoms with Gasteiger partial charge in [0, 0.05) is 11.8 Å². The van der Waals surface area contributed by atoms with Crippen LogP contribution in [0.1, 0.15) is 42.3 Å². The van der Waals surface area contributed by atoms with Crippen molar-refractivity contribution in [1.82, 2.24) is 0 Å².